The minimum atomic E-state index is 0.226. The van der Waals surface area contributed by atoms with Crippen LogP contribution < -0.4 is 5.32 Å². The summed E-state index contributed by atoms with van der Waals surface area (Å²) in [7, 11) is 3.96. The highest BCUT2D eigenvalue weighted by Crippen LogP contribution is 2.15. The fourth-order valence-corrected chi connectivity index (χ4v) is 1.79. The third kappa shape index (κ3) is 2.28. The van der Waals surface area contributed by atoms with Crippen molar-refractivity contribution in [3.63, 3.8) is 0 Å². The highest BCUT2D eigenvalue weighted by molar-refractivity contribution is 5.13. The Morgan fingerprint density at radius 2 is 2.31 bits per heavy atom. The second kappa shape index (κ2) is 4.90. The summed E-state index contributed by atoms with van der Waals surface area (Å²) in [5.74, 6) is 1.05. The lowest BCUT2D eigenvalue weighted by Crippen LogP contribution is -2.22. The standard InChI is InChI=1S/C12H16N4/c1-13-11(12-15-6-7-16(12)2)8-10-4-3-5-14-9-10/h3-7,9,11,13H,8H2,1-2H3. The molecule has 1 unspecified atom stereocenters. The van der Waals surface area contributed by atoms with Gasteiger partial charge in [0.25, 0.3) is 0 Å². The van der Waals surface area contributed by atoms with Crippen LogP contribution in [0.25, 0.3) is 0 Å². The predicted octanol–water partition coefficient (Wildman–Crippen LogP) is 1.32. The first-order valence-electron chi connectivity index (χ1n) is 5.34. The Hall–Kier alpha value is -1.68. The number of nitrogens with one attached hydrogen (secondary N) is 1. The van der Waals surface area contributed by atoms with Crippen LogP contribution in [-0.4, -0.2) is 21.6 Å². The van der Waals surface area contributed by atoms with Gasteiger partial charge in [-0.3, -0.25) is 4.98 Å². The summed E-state index contributed by atoms with van der Waals surface area (Å²) in [5, 5.41) is 3.28. The number of likely N-dealkylation sites (N-methyl/N-ethyl adjacent to an activating group) is 1. The second-order valence-corrected chi connectivity index (χ2v) is 3.80. The summed E-state index contributed by atoms with van der Waals surface area (Å²) in [6.45, 7) is 0. The van der Waals surface area contributed by atoms with Gasteiger partial charge in [-0.25, -0.2) is 4.98 Å². The first kappa shape index (κ1) is 10.8. The molecule has 0 bridgehead atoms. The minimum Gasteiger partial charge on any atom is -0.337 e. The number of aromatic nitrogens is 3. The van der Waals surface area contributed by atoms with Gasteiger partial charge in [0.2, 0.25) is 0 Å². The van der Waals surface area contributed by atoms with Gasteiger partial charge in [-0.15, -0.1) is 0 Å². The molecule has 4 nitrogen and oxygen atoms in total. The zero-order valence-electron chi connectivity index (χ0n) is 9.59. The zero-order valence-corrected chi connectivity index (χ0v) is 9.59. The Morgan fingerprint density at radius 3 is 2.88 bits per heavy atom. The Labute approximate surface area is 95.4 Å². The van der Waals surface area contributed by atoms with E-state index in [1.165, 1.54) is 5.56 Å². The molecule has 2 rings (SSSR count). The van der Waals surface area contributed by atoms with Gasteiger partial charge < -0.3 is 9.88 Å². The van der Waals surface area contributed by atoms with Gasteiger partial charge in [-0.1, -0.05) is 6.07 Å². The van der Waals surface area contributed by atoms with Gasteiger partial charge in [0, 0.05) is 31.8 Å². The predicted molar refractivity (Wildman–Crippen MR) is 62.9 cm³/mol. The molecule has 0 fully saturated rings. The van der Waals surface area contributed by atoms with Crippen LogP contribution in [0.5, 0.6) is 0 Å². The van der Waals surface area contributed by atoms with Gasteiger partial charge in [0.15, 0.2) is 0 Å². The molecule has 1 N–H and O–H groups in total. The number of nitrogens with zero attached hydrogens (tertiary/aromatic N) is 3. The maximum absolute atomic E-state index is 4.36. The van der Waals surface area contributed by atoms with E-state index in [1.807, 2.05) is 43.3 Å². The first-order chi connectivity index (χ1) is 7.81. The van der Waals surface area contributed by atoms with Crippen LogP contribution in [0.15, 0.2) is 36.9 Å². The Morgan fingerprint density at radius 1 is 1.44 bits per heavy atom. The number of hydrogen-bond acceptors (Lipinski definition) is 3. The van der Waals surface area contributed by atoms with E-state index in [9.17, 15) is 0 Å². The third-order valence-corrected chi connectivity index (χ3v) is 2.68. The molecule has 0 aromatic carbocycles. The largest absolute Gasteiger partial charge is 0.337 e. The molecule has 0 radical (unpaired) electrons. The Balaban J connectivity index is 2.16. The van der Waals surface area contributed by atoms with Crippen molar-refractivity contribution in [3.05, 3.63) is 48.3 Å². The maximum Gasteiger partial charge on any atom is 0.125 e. The summed E-state index contributed by atoms with van der Waals surface area (Å²) in [5.41, 5.74) is 1.21. The molecule has 2 heterocycles. The molecule has 0 saturated heterocycles. The zero-order chi connectivity index (χ0) is 11.4. The highest BCUT2D eigenvalue weighted by atomic mass is 15.1. The monoisotopic (exact) mass is 216 g/mol. The average Bonchev–Trinajstić information content (AvgIpc) is 2.74. The SMILES string of the molecule is CNC(Cc1cccnc1)c1nccn1C. The summed E-state index contributed by atoms with van der Waals surface area (Å²) >= 11 is 0. The van der Waals surface area contributed by atoms with Crippen molar-refractivity contribution < 1.29 is 0 Å². The smallest absolute Gasteiger partial charge is 0.125 e. The van der Waals surface area contributed by atoms with Crippen LogP contribution >= 0.6 is 0 Å². The van der Waals surface area contributed by atoms with E-state index in [0.717, 1.165) is 12.2 Å². The van der Waals surface area contributed by atoms with Crippen molar-refractivity contribution >= 4 is 0 Å². The van der Waals surface area contributed by atoms with E-state index in [4.69, 9.17) is 0 Å². The Kier molecular flexibility index (Phi) is 3.31. The molecule has 2 aromatic heterocycles. The van der Waals surface area contributed by atoms with Crippen LogP contribution in [0.1, 0.15) is 17.4 Å². The van der Waals surface area contributed by atoms with Crippen LogP contribution in [0.3, 0.4) is 0 Å². The fourth-order valence-electron chi connectivity index (χ4n) is 1.79. The van der Waals surface area contributed by atoms with Crippen molar-refractivity contribution in [2.45, 2.75) is 12.5 Å². The maximum atomic E-state index is 4.36. The van der Waals surface area contributed by atoms with Gasteiger partial charge in [0.1, 0.15) is 5.82 Å². The number of imidazole rings is 1. The molecule has 0 aliphatic rings. The molecule has 4 heteroatoms. The third-order valence-electron chi connectivity index (χ3n) is 2.68. The molecule has 0 amide bonds. The van der Waals surface area contributed by atoms with Crippen molar-refractivity contribution in [1.29, 1.82) is 0 Å². The lowest BCUT2D eigenvalue weighted by Gasteiger charge is -2.15. The van der Waals surface area contributed by atoms with Gasteiger partial charge in [-0.2, -0.15) is 0 Å². The molecule has 0 aliphatic heterocycles. The van der Waals surface area contributed by atoms with Crippen LogP contribution in [0.4, 0.5) is 0 Å². The van der Waals surface area contributed by atoms with Crippen molar-refractivity contribution in [2.24, 2.45) is 7.05 Å². The number of rotatable bonds is 4. The topological polar surface area (TPSA) is 42.7 Å². The molecule has 2 aromatic rings. The summed E-state index contributed by atoms with van der Waals surface area (Å²) in [4.78, 5) is 8.48. The van der Waals surface area contributed by atoms with Gasteiger partial charge in [-0.05, 0) is 25.1 Å². The van der Waals surface area contributed by atoms with E-state index < -0.39 is 0 Å². The van der Waals surface area contributed by atoms with E-state index in [-0.39, 0.29) is 6.04 Å². The molecular weight excluding hydrogens is 200 g/mol. The Bertz CT molecular complexity index is 435. The molecule has 1 atom stereocenters. The van der Waals surface area contributed by atoms with Crippen LogP contribution in [0.2, 0.25) is 0 Å². The van der Waals surface area contributed by atoms with E-state index in [2.05, 4.69) is 21.4 Å². The fraction of sp³-hybridized carbons (Fsp3) is 0.333. The van der Waals surface area contributed by atoms with Crippen molar-refractivity contribution in [2.75, 3.05) is 7.05 Å². The molecule has 0 spiro atoms. The van der Waals surface area contributed by atoms with E-state index >= 15 is 0 Å². The average molecular weight is 216 g/mol. The molecular formula is C12H16N4. The summed E-state index contributed by atoms with van der Waals surface area (Å²) < 4.78 is 2.04. The lowest BCUT2D eigenvalue weighted by atomic mass is 10.1. The van der Waals surface area contributed by atoms with Crippen molar-refractivity contribution in [3.8, 4) is 0 Å². The minimum absolute atomic E-state index is 0.226. The number of aryl methyl sites for hydroxylation is 1. The molecule has 0 saturated carbocycles. The first-order valence-corrected chi connectivity index (χ1v) is 5.34. The van der Waals surface area contributed by atoms with E-state index in [1.54, 1.807) is 6.20 Å². The second-order valence-electron chi connectivity index (χ2n) is 3.80. The molecule has 16 heavy (non-hydrogen) atoms. The quantitative estimate of drug-likeness (QED) is 0.838. The number of hydrogen-bond donors (Lipinski definition) is 1. The summed E-state index contributed by atoms with van der Waals surface area (Å²) in [6, 6.07) is 4.27. The molecule has 84 valence electrons. The number of pyridine rings is 1. The van der Waals surface area contributed by atoms with Crippen LogP contribution in [0, 0.1) is 0 Å². The van der Waals surface area contributed by atoms with Crippen LogP contribution in [-0.2, 0) is 13.5 Å². The van der Waals surface area contributed by atoms with Gasteiger partial charge in [0.05, 0.1) is 6.04 Å². The van der Waals surface area contributed by atoms with Crippen molar-refractivity contribution in [1.82, 2.24) is 19.9 Å². The highest BCUT2D eigenvalue weighted by Gasteiger charge is 2.14. The lowest BCUT2D eigenvalue weighted by molar-refractivity contribution is 0.537. The summed E-state index contributed by atoms with van der Waals surface area (Å²) in [6.07, 6.45) is 8.37. The molecule has 0 aliphatic carbocycles. The normalized spacial score (nSPS) is 12.6. The van der Waals surface area contributed by atoms with Gasteiger partial charge >= 0.3 is 0 Å². The van der Waals surface area contributed by atoms with E-state index in [0.29, 0.717) is 0 Å².